The molecule has 0 spiro atoms. The van der Waals surface area contributed by atoms with E-state index in [9.17, 15) is 18.3 Å². The van der Waals surface area contributed by atoms with E-state index in [1.165, 1.54) is 14.0 Å². The second kappa shape index (κ2) is 11.8. The predicted octanol–water partition coefficient (Wildman–Crippen LogP) is 2.64. The minimum atomic E-state index is -3.54. The zero-order valence-corrected chi connectivity index (χ0v) is 20.8. The Morgan fingerprint density at radius 3 is 2.62 bits per heavy atom. The molecule has 34 heavy (non-hydrogen) atoms. The molecule has 2 aromatic carbocycles. The first kappa shape index (κ1) is 26.2. The summed E-state index contributed by atoms with van der Waals surface area (Å²) >= 11 is 0. The van der Waals surface area contributed by atoms with Gasteiger partial charge in [-0.3, -0.25) is 4.79 Å². The molecule has 0 radical (unpaired) electrons. The lowest BCUT2D eigenvalue weighted by Gasteiger charge is -2.34. The number of rotatable bonds is 11. The second-order valence-corrected chi connectivity index (χ2v) is 10.6. The lowest BCUT2D eigenvalue weighted by atomic mass is 9.98. The third kappa shape index (κ3) is 7.27. The molecule has 1 saturated heterocycles. The van der Waals surface area contributed by atoms with Gasteiger partial charge in [0.15, 0.2) is 17.3 Å². The first-order valence-corrected chi connectivity index (χ1v) is 12.9. The number of nitrogens with zero attached hydrogens (tertiary/aromatic N) is 1. The highest BCUT2D eigenvalue weighted by atomic mass is 32.2. The number of ketones is 1. The molecule has 1 aliphatic heterocycles. The molecule has 3 rings (SSSR count). The zero-order valence-electron chi connectivity index (χ0n) is 20.0. The predicted molar refractivity (Wildman–Crippen MR) is 130 cm³/mol. The molecule has 0 bridgehead atoms. The minimum absolute atomic E-state index is 0.0642. The van der Waals surface area contributed by atoms with Crippen molar-refractivity contribution in [1.82, 2.24) is 9.62 Å². The Bertz CT molecular complexity index is 1070. The first-order chi connectivity index (χ1) is 16.2. The van der Waals surface area contributed by atoms with E-state index in [0.29, 0.717) is 36.7 Å². The highest BCUT2D eigenvalue weighted by Gasteiger charge is 2.24. The number of hydrogen-bond donors (Lipinski definition) is 2. The largest absolute Gasteiger partial charge is 0.493 e. The van der Waals surface area contributed by atoms with Gasteiger partial charge in [0.2, 0.25) is 10.0 Å². The van der Waals surface area contributed by atoms with Crippen molar-refractivity contribution in [3.8, 4) is 11.5 Å². The van der Waals surface area contributed by atoms with Crippen molar-refractivity contribution in [3.63, 3.8) is 0 Å². The summed E-state index contributed by atoms with van der Waals surface area (Å²) in [4.78, 5) is 14.0. The molecule has 1 aliphatic rings. The van der Waals surface area contributed by atoms with Gasteiger partial charge < -0.3 is 19.5 Å². The molecule has 1 heterocycles. The molecule has 186 valence electrons. The summed E-state index contributed by atoms with van der Waals surface area (Å²) in [5.74, 6) is 1.01. The average molecular weight is 491 g/mol. The number of carbonyl (C=O) groups is 1. The number of aliphatic hydroxyl groups excluding tert-OH is 1. The van der Waals surface area contributed by atoms with Gasteiger partial charge in [0, 0.05) is 25.2 Å². The van der Waals surface area contributed by atoms with Crippen LogP contribution in [0.2, 0.25) is 0 Å². The quantitative estimate of drug-likeness (QED) is 0.467. The van der Waals surface area contributed by atoms with Crippen molar-refractivity contribution in [2.24, 2.45) is 5.92 Å². The summed E-state index contributed by atoms with van der Waals surface area (Å²) in [6.07, 6.45) is 1.14. The molecule has 8 nitrogen and oxygen atoms in total. The van der Waals surface area contributed by atoms with Crippen LogP contribution in [0.15, 0.2) is 47.4 Å². The molecule has 2 unspecified atom stereocenters. The zero-order chi connectivity index (χ0) is 24.7. The van der Waals surface area contributed by atoms with Crippen LogP contribution in [0.3, 0.4) is 0 Å². The summed E-state index contributed by atoms with van der Waals surface area (Å²) in [7, 11) is -2.04. The maximum absolute atomic E-state index is 12.6. The van der Waals surface area contributed by atoms with Gasteiger partial charge in [-0.1, -0.05) is 17.7 Å². The molecule has 0 aliphatic carbocycles. The molecule has 2 aromatic rings. The normalized spacial score (nSPS) is 17.8. The van der Waals surface area contributed by atoms with E-state index in [2.05, 4.69) is 9.62 Å². The number of aryl methyl sites for hydroxylation is 1. The average Bonchev–Trinajstić information content (AvgIpc) is 2.82. The second-order valence-electron chi connectivity index (χ2n) is 8.82. The van der Waals surface area contributed by atoms with Gasteiger partial charge >= 0.3 is 0 Å². The number of methoxy groups -OCH3 is 1. The Labute approximate surface area is 201 Å². The maximum atomic E-state index is 12.6. The van der Waals surface area contributed by atoms with Crippen molar-refractivity contribution in [3.05, 3.63) is 53.6 Å². The van der Waals surface area contributed by atoms with Crippen molar-refractivity contribution < 1.29 is 27.8 Å². The van der Waals surface area contributed by atoms with Crippen molar-refractivity contribution in [1.29, 1.82) is 0 Å². The van der Waals surface area contributed by atoms with Crippen LogP contribution in [0, 0.1) is 12.8 Å². The van der Waals surface area contributed by atoms with E-state index in [4.69, 9.17) is 9.47 Å². The SMILES string of the molecule is COc1cc(C(C)=O)ccc1OCC(O)CN1CCCC(CNS(=O)(=O)c2ccc(C)cc2)C1. The van der Waals surface area contributed by atoms with Gasteiger partial charge in [-0.2, -0.15) is 0 Å². The van der Waals surface area contributed by atoms with Gasteiger partial charge in [-0.05, 0) is 69.5 Å². The van der Waals surface area contributed by atoms with Crippen LogP contribution in [0.1, 0.15) is 35.7 Å². The molecule has 2 atom stereocenters. The van der Waals surface area contributed by atoms with Crippen LogP contribution >= 0.6 is 0 Å². The van der Waals surface area contributed by atoms with Crippen LogP contribution in [0.5, 0.6) is 11.5 Å². The smallest absolute Gasteiger partial charge is 0.240 e. The standard InChI is InChI=1S/C25H34N2O6S/c1-18-6-9-23(10-7-18)34(30,31)26-14-20-5-4-12-27(15-20)16-22(29)17-33-24-11-8-21(19(2)28)13-25(24)32-3/h6-11,13,20,22,26,29H,4-5,12,14-17H2,1-3H3. The molecule has 1 fully saturated rings. The van der Waals surface area contributed by atoms with Crippen molar-refractivity contribution in [2.75, 3.05) is 39.9 Å². The van der Waals surface area contributed by atoms with Gasteiger partial charge in [0.05, 0.1) is 12.0 Å². The highest BCUT2D eigenvalue weighted by Crippen LogP contribution is 2.28. The van der Waals surface area contributed by atoms with Crippen LogP contribution in [0.25, 0.3) is 0 Å². The molecule has 0 amide bonds. The van der Waals surface area contributed by atoms with Gasteiger partial charge in [0.25, 0.3) is 0 Å². The third-order valence-electron chi connectivity index (χ3n) is 5.97. The number of likely N-dealkylation sites (tertiary alicyclic amines) is 1. The topological polar surface area (TPSA) is 105 Å². The van der Waals surface area contributed by atoms with Gasteiger partial charge in [0.1, 0.15) is 12.7 Å². The van der Waals surface area contributed by atoms with Crippen LogP contribution in [-0.4, -0.2) is 70.2 Å². The van der Waals surface area contributed by atoms with Crippen molar-refractivity contribution >= 4 is 15.8 Å². The van der Waals surface area contributed by atoms with E-state index in [1.54, 1.807) is 42.5 Å². The fraction of sp³-hybridized carbons (Fsp3) is 0.480. The lowest BCUT2D eigenvalue weighted by Crippen LogP contribution is -2.44. The number of hydrogen-bond acceptors (Lipinski definition) is 7. The van der Waals surface area contributed by atoms with E-state index in [-0.39, 0.29) is 23.2 Å². The molecule has 2 N–H and O–H groups in total. The summed E-state index contributed by atoms with van der Waals surface area (Å²) in [5, 5.41) is 10.5. The fourth-order valence-corrected chi connectivity index (χ4v) is 5.17. The number of β-amino-alcohol motifs (C(OH)–C–C–N with tert-alkyl or cyclic N) is 1. The van der Waals surface area contributed by atoms with Gasteiger partial charge in [-0.25, -0.2) is 13.1 Å². The number of piperidine rings is 1. The summed E-state index contributed by atoms with van der Waals surface area (Å²) in [6, 6.07) is 11.8. The number of benzene rings is 2. The molecule has 0 saturated carbocycles. The van der Waals surface area contributed by atoms with Crippen LogP contribution in [-0.2, 0) is 10.0 Å². The number of carbonyl (C=O) groups excluding carboxylic acids is 1. The Hall–Kier alpha value is -2.46. The molecular weight excluding hydrogens is 456 g/mol. The number of aliphatic hydroxyl groups is 1. The molecule has 9 heteroatoms. The van der Waals surface area contributed by atoms with E-state index >= 15 is 0 Å². The number of ether oxygens (including phenoxy) is 2. The highest BCUT2D eigenvalue weighted by molar-refractivity contribution is 7.89. The minimum Gasteiger partial charge on any atom is -0.493 e. The Morgan fingerprint density at radius 2 is 1.94 bits per heavy atom. The summed E-state index contributed by atoms with van der Waals surface area (Å²) < 4.78 is 38.9. The molecular formula is C25H34N2O6S. The van der Waals surface area contributed by atoms with Crippen LogP contribution < -0.4 is 14.2 Å². The van der Waals surface area contributed by atoms with E-state index in [1.807, 2.05) is 6.92 Å². The summed E-state index contributed by atoms with van der Waals surface area (Å²) in [6.45, 7) is 5.81. The van der Waals surface area contributed by atoms with E-state index in [0.717, 1.165) is 24.9 Å². The number of nitrogens with one attached hydrogen (secondary N) is 1. The fourth-order valence-electron chi connectivity index (χ4n) is 4.05. The molecule has 0 aromatic heterocycles. The van der Waals surface area contributed by atoms with Gasteiger partial charge in [-0.15, -0.1) is 0 Å². The summed E-state index contributed by atoms with van der Waals surface area (Å²) in [5.41, 5.74) is 1.54. The van der Waals surface area contributed by atoms with E-state index < -0.39 is 16.1 Å². The Kier molecular flexibility index (Phi) is 9.07. The lowest BCUT2D eigenvalue weighted by molar-refractivity contribution is 0.0516. The number of Topliss-reactive ketones (excluding diaryl/α,β-unsaturated/α-hetero) is 1. The number of sulfonamides is 1. The Balaban J connectivity index is 1.48. The third-order valence-corrected chi connectivity index (χ3v) is 7.41. The first-order valence-electron chi connectivity index (χ1n) is 11.5. The maximum Gasteiger partial charge on any atom is 0.240 e. The van der Waals surface area contributed by atoms with Crippen molar-refractivity contribution in [2.45, 2.75) is 37.7 Å². The Morgan fingerprint density at radius 1 is 1.21 bits per heavy atom. The monoisotopic (exact) mass is 490 g/mol. The van der Waals surface area contributed by atoms with Crippen LogP contribution in [0.4, 0.5) is 0 Å².